The van der Waals surface area contributed by atoms with E-state index in [1.807, 2.05) is 0 Å². The number of nitrogens with zero attached hydrogens (tertiary/aromatic N) is 3. The van der Waals surface area contributed by atoms with Gasteiger partial charge < -0.3 is 9.42 Å². The molecule has 0 saturated carbocycles. The van der Waals surface area contributed by atoms with E-state index in [1.54, 1.807) is 41.5 Å². The van der Waals surface area contributed by atoms with Crippen LogP contribution in [0.25, 0.3) is 11.3 Å². The predicted octanol–water partition coefficient (Wildman–Crippen LogP) is 5.97. The Morgan fingerprint density at radius 2 is 1.95 bits per heavy atom. The van der Waals surface area contributed by atoms with Crippen molar-refractivity contribution in [1.29, 1.82) is 0 Å². The summed E-state index contributed by atoms with van der Waals surface area (Å²) in [6, 6.07) is 11.1. The monoisotopic (exact) mass is 562 g/mol. The van der Waals surface area contributed by atoms with Crippen LogP contribution in [0.4, 0.5) is 9.52 Å². The number of anilines is 1. The molecule has 0 atom stereocenters. The number of rotatable bonds is 6. The van der Waals surface area contributed by atoms with Gasteiger partial charge in [-0.15, -0.1) is 11.3 Å². The summed E-state index contributed by atoms with van der Waals surface area (Å²) in [5.41, 5.74) is 1.34. The van der Waals surface area contributed by atoms with E-state index in [4.69, 9.17) is 16.1 Å². The van der Waals surface area contributed by atoms with E-state index < -0.39 is 15.8 Å². The predicted molar refractivity (Wildman–Crippen MR) is 141 cm³/mol. The van der Waals surface area contributed by atoms with Crippen LogP contribution in [-0.4, -0.2) is 42.5 Å². The molecule has 1 amide bonds. The number of aryl methyl sites for hydroxylation is 1. The molecule has 2 aromatic carbocycles. The number of piperidine rings is 1. The van der Waals surface area contributed by atoms with E-state index >= 15 is 0 Å². The minimum Gasteiger partial charge on any atom is -0.360 e. The third kappa shape index (κ3) is 5.11. The molecule has 194 valence electrons. The summed E-state index contributed by atoms with van der Waals surface area (Å²) in [5, 5.41) is 6.08. The number of hydrogen-bond donors (Lipinski definition) is 1. The van der Waals surface area contributed by atoms with Crippen LogP contribution < -0.4 is 4.72 Å². The molecule has 4 aromatic rings. The molecule has 3 heterocycles. The first-order valence-electron chi connectivity index (χ1n) is 11.5. The topological polar surface area (TPSA) is 105 Å². The highest BCUT2D eigenvalue weighted by atomic mass is 35.5. The molecular weight excluding hydrogens is 539 g/mol. The lowest BCUT2D eigenvalue weighted by atomic mass is 9.89. The number of carbonyl (C=O) groups excluding carboxylic acids is 1. The van der Waals surface area contributed by atoms with Crippen LogP contribution in [0.15, 0.2) is 63.5 Å². The van der Waals surface area contributed by atoms with Crippen molar-refractivity contribution in [2.45, 2.75) is 30.6 Å². The Morgan fingerprint density at radius 3 is 2.59 bits per heavy atom. The summed E-state index contributed by atoms with van der Waals surface area (Å²) < 4.78 is 47.4. The second-order valence-corrected chi connectivity index (χ2v) is 11.6. The average molecular weight is 563 g/mol. The molecule has 1 aliphatic rings. The van der Waals surface area contributed by atoms with Gasteiger partial charge in [0.05, 0.1) is 15.5 Å². The summed E-state index contributed by atoms with van der Waals surface area (Å²) in [4.78, 5) is 19.2. The number of aromatic nitrogens is 2. The van der Waals surface area contributed by atoms with Crippen LogP contribution in [0.1, 0.15) is 41.9 Å². The smallest absolute Gasteiger partial charge is 0.263 e. The van der Waals surface area contributed by atoms with Gasteiger partial charge in [-0.1, -0.05) is 35.0 Å². The van der Waals surface area contributed by atoms with Gasteiger partial charge in [0.15, 0.2) is 5.13 Å². The fourth-order valence-electron chi connectivity index (χ4n) is 4.46. The number of likely N-dealkylation sites (tertiary alicyclic amines) is 1. The number of amides is 1. The number of carbonyl (C=O) groups is 1. The lowest BCUT2D eigenvalue weighted by Gasteiger charge is -2.32. The van der Waals surface area contributed by atoms with Crippen LogP contribution in [0.2, 0.25) is 5.02 Å². The number of nitrogens with one attached hydrogen (secondary N) is 1. The molecule has 0 bridgehead atoms. The normalized spacial score (nSPS) is 14.6. The van der Waals surface area contributed by atoms with Crippen LogP contribution in [0.5, 0.6) is 0 Å². The van der Waals surface area contributed by atoms with Crippen molar-refractivity contribution in [3.8, 4) is 11.3 Å². The van der Waals surface area contributed by atoms with Gasteiger partial charge in [0, 0.05) is 26.1 Å². The van der Waals surface area contributed by atoms with Gasteiger partial charge in [0.25, 0.3) is 15.9 Å². The molecule has 1 saturated heterocycles. The molecule has 0 unspecified atom stereocenters. The number of thiazole rings is 1. The van der Waals surface area contributed by atoms with Crippen molar-refractivity contribution in [1.82, 2.24) is 15.0 Å². The lowest BCUT2D eigenvalue weighted by Crippen LogP contribution is -2.38. The van der Waals surface area contributed by atoms with E-state index in [9.17, 15) is 17.6 Å². The maximum absolute atomic E-state index is 14.5. The van der Waals surface area contributed by atoms with Gasteiger partial charge in [-0.25, -0.2) is 17.8 Å². The van der Waals surface area contributed by atoms with Crippen LogP contribution in [0.3, 0.4) is 0 Å². The molecule has 5 rings (SSSR count). The van der Waals surface area contributed by atoms with E-state index in [1.165, 1.54) is 35.7 Å². The average Bonchev–Trinajstić information content (AvgIpc) is 3.53. The Labute approximate surface area is 223 Å². The number of sulfonamides is 1. The second kappa shape index (κ2) is 10.2. The Bertz CT molecular complexity index is 1520. The highest BCUT2D eigenvalue weighted by Gasteiger charge is 2.31. The lowest BCUT2D eigenvalue weighted by molar-refractivity contribution is 0.0712. The highest BCUT2D eigenvalue weighted by Crippen LogP contribution is 2.35. The molecule has 1 aliphatic heterocycles. The van der Waals surface area contributed by atoms with Crippen LogP contribution >= 0.6 is 22.9 Å². The maximum atomic E-state index is 14.5. The van der Waals surface area contributed by atoms with Crippen molar-refractivity contribution in [3.63, 3.8) is 0 Å². The van der Waals surface area contributed by atoms with E-state index in [0.29, 0.717) is 36.8 Å². The van der Waals surface area contributed by atoms with Gasteiger partial charge in [-0.2, -0.15) is 0 Å². The zero-order chi connectivity index (χ0) is 26.2. The summed E-state index contributed by atoms with van der Waals surface area (Å²) in [5.74, 6) is -0.413. The first-order chi connectivity index (χ1) is 17.7. The minimum absolute atomic E-state index is 0. The van der Waals surface area contributed by atoms with Gasteiger partial charge in [0.1, 0.15) is 22.8 Å². The second-order valence-electron chi connectivity index (χ2n) is 8.64. The molecule has 12 heteroatoms. The maximum Gasteiger partial charge on any atom is 0.263 e. The highest BCUT2D eigenvalue weighted by molar-refractivity contribution is 7.93. The zero-order valence-corrected chi connectivity index (χ0v) is 22.0. The molecule has 1 N–H and O–H groups in total. The number of halogens is 2. The van der Waals surface area contributed by atoms with Gasteiger partial charge in [-0.3, -0.25) is 9.52 Å². The Hall–Kier alpha value is -3.28. The fourth-order valence-corrected chi connectivity index (χ4v) is 6.50. The number of benzene rings is 2. The largest absolute Gasteiger partial charge is 0.360 e. The van der Waals surface area contributed by atoms with Crippen molar-refractivity contribution < 1.29 is 23.6 Å². The zero-order valence-electron chi connectivity index (χ0n) is 19.6. The SMILES string of the molecule is Cc1onc(-c2c(F)cccc2Cl)c1C(=O)N1CCC(c2ccc(S(=O)(=O)Nc3nccs3)cc2)CC1.[HH]. The van der Waals surface area contributed by atoms with Crippen molar-refractivity contribution >= 4 is 44.0 Å². The third-order valence-corrected chi connectivity index (χ3v) is 8.86. The van der Waals surface area contributed by atoms with Crippen LogP contribution in [-0.2, 0) is 10.0 Å². The van der Waals surface area contributed by atoms with Crippen molar-refractivity contribution in [2.24, 2.45) is 0 Å². The Morgan fingerprint density at radius 1 is 1.22 bits per heavy atom. The Balaban J connectivity index is 0.00000336. The number of hydrogen-bond acceptors (Lipinski definition) is 7. The van der Waals surface area contributed by atoms with E-state index in [2.05, 4.69) is 14.9 Å². The first kappa shape index (κ1) is 25.4. The van der Waals surface area contributed by atoms with Crippen LogP contribution in [0, 0.1) is 12.7 Å². The van der Waals surface area contributed by atoms with E-state index in [0.717, 1.165) is 5.56 Å². The summed E-state index contributed by atoms with van der Waals surface area (Å²) in [7, 11) is -3.72. The first-order valence-corrected chi connectivity index (χ1v) is 14.2. The molecule has 0 spiro atoms. The van der Waals surface area contributed by atoms with E-state index in [-0.39, 0.29) is 40.0 Å². The van der Waals surface area contributed by atoms with Gasteiger partial charge in [-0.05, 0) is 55.5 Å². The molecule has 37 heavy (non-hydrogen) atoms. The summed E-state index contributed by atoms with van der Waals surface area (Å²) >= 11 is 7.41. The summed E-state index contributed by atoms with van der Waals surface area (Å²) in [6.07, 6.45) is 2.91. The third-order valence-electron chi connectivity index (χ3n) is 6.37. The minimum atomic E-state index is -3.72. The Kier molecular flexibility index (Phi) is 7.02. The van der Waals surface area contributed by atoms with Gasteiger partial charge in [0.2, 0.25) is 0 Å². The fraction of sp³-hybridized carbons (Fsp3) is 0.240. The molecule has 2 aromatic heterocycles. The van der Waals surface area contributed by atoms with Crippen molar-refractivity contribution in [3.05, 3.63) is 81.8 Å². The quantitative estimate of drug-likeness (QED) is 0.310. The molecule has 1 fully saturated rings. The molecular formula is C25H24ClFN4O4S2. The van der Waals surface area contributed by atoms with Gasteiger partial charge >= 0.3 is 0 Å². The molecule has 8 nitrogen and oxygen atoms in total. The molecule has 0 radical (unpaired) electrons. The standard InChI is InChI=1S/C25H22ClFN4O4S2.H2/c1-15-21(23(29-35-15)22-19(26)3-2-4-20(22)27)24(32)31-12-9-17(10-13-31)16-5-7-18(8-6-16)37(33,34)30-25-28-11-14-36-25;/h2-8,11,14,17H,9-10,12-13H2,1H3,(H,28,30);1H. The molecule has 0 aliphatic carbocycles. The van der Waals surface area contributed by atoms with Crippen molar-refractivity contribution in [2.75, 3.05) is 17.8 Å². The summed E-state index contributed by atoms with van der Waals surface area (Å²) in [6.45, 7) is 2.57.